The van der Waals surface area contributed by atoms with Crippen LogP contribution in [0.2, 0.25) is 0 Å². The molecule has 0 unspecified atom stereocenters. The lowest BCUT2D eigenvalue weighted by Crippen LogP contribution is -2.35. The minimum absolute atomic E-state index is 0.336. The number of hydrogen-bond acceptors (Lipinski definition) is 4. The standard InChI is InChI=1S/C21H37N3OS/c1-18(2)20-15-22-24(17-20)16-19-10-13-23(14-11-19)12-8-6-4-5-7-9-21(25)26-3/h15,17-19H,4-14,16H2,1-3H3. The monoisotopic (exact) mass is 379 g/mol. The summed E-state index contributed by atoms with van der Waals surface area (Å²) in [4.78, 5) is 13.9. The second-order valence-corrected chi connectivity index (χ2v) is 8.89. The van der Waals surface area contributed by atoms with Crippen LogP contribution in [0.15, 0.2) is 12.4 Å². The Morgan fingerprint density at radius 1 is 1.19 bits per heavy atom. The highest BCUT2D eigenvalue weighted by Crippen LogP contribution is 2.21. The second-order valence-electron chi connectivity index (χ2n) is 8.03. The Labute approximate surface area is 164 Å². The van der Waals surface area contributed by atoms with Gasteiger partial charge < -0.3 is 4.90 Å². The van der Waals surface area contributed by atoms with Gasteiger partial charge in [0.2, 0.25) is 0 Å². The lowest BCUT2D eigenvalue weighted by Gasteiger charge is -2.31. The quantitative estimate of drug-likeness (QED) is 0.510. The Morgan fingerprint density at radius 2 is 1.88 bits per heavy atom. The highest BCUT2D eigenvalue weighted by molar-refractivity contribution is 8.13. The first kappa shape index (κ1) is 21.5. The number of likely N-dealkylation sites (tertiary alicyclic amines) is 1. The average molecular weight is 380 g/mol. The van der Waals surface area contributed by atoms with Crippen LogP contribution in [-0.2, 0) is 11.3 Å². The number of nitrogens with zero attached hydrogens (tertiary/aromatic N) is 3. The van der Waals surface area contributed by atoms with Gasteiger partial charge in [-0.2, -0.15) is 5.10 Å². The van der Waals surface area contributed by atoms with Crippen LogP contribution < -0.4 is 0 Å². The zero-order chi connectivity index (χ0) is 18.8. The third-order valence-corrected chi connectivity index (χ3v) is 6.21. The highest BCUT2D eigenvalue weighted by Gasteiger charge is 2.19. The van der Waals surface area contributed by atoms with Crippen molar-refractivity contribution in [2.45, 2.75) is 77.7 Å². The van der Waals surface area contributed by atoms with Crippen molar-refractivity contribution in [2.75, 3.05) is 25.9 Å². The molecule has 2 rings (SSSR count). The van der Waals surface area contributed by atoms with E-state index in [0.717, 1.165) is 25.3 Å². The van der Waals surface area contributed by atoms with Gasteiger partial charge >= 0.3 is 0 Å². The van der Waals surface area contributed by atoms with Crippen molar-refractivity contribution >= 4 is 16.9 Å². The van der Waals surface area contributed by atoms with Gasteiger partial charge in [-0.15, -0.1) is 0 Å². The zero-order valence-corrected chi connectivity index (χ0v) is 17.8. The second kappa shape index (κ2) is 11.8. The summed E-state index contributed by atoms with van der Waals surface area (Å²) in [5.74, 6) is 1.34. The molecule has 0 spiro atoms. The molecule has 26 heavy (non-hydrogen) atoms. The lowest BCUT2D eigenvalue weighted by molar-refractivity contribution is -0.111. The predicted molar refractivity (Wildman–Crippen MR) is 112 cm³/mol. The van der Waals surface area contributed by atoms with Crippen LogP contribution in [0.5, 0.6) is 0 Å². The Bertz CT molecular complexity index is 521. The normalized spacial score (nSPS) is 16.5. The van der Waals surface area contributed by atoms with Gasteiger partial charge in [-0.25, -0.2) is 0 Å². The number of aromatic nitrogens is 2. The summed E-state index contributed by atoms with van der Waals surface area (Å²) < 4.78 is 2.15. The SMILES string of the molecule is CSC(=O)CCCCCCCN1CCC(Cn2cc(C(C)C)cn2)CC1. The molecule has 1 aliphatic heterocycles. The van der Waals surface area contributed by atoms with Crippen LogP contribution in [0.25, 0.3) is 0 Å². The van der Waals surface area contributed by atoms with E-state index in [1.807, 2.05) is 12.5 Å². The Morgan fingerprint density at radius 3 is 2.54 bits per heavy atom. The molecule has 2 heterocycles. The maximum Gasteiger partial charge on any atom is 0.188 e. The van der Waals surface area contributed by atoms with Crippen molar-refractivity contribution in [3.63, 3.8) is 0 Å². The van der Waals surface area contributed by atoms with E-state index in [4.69, 9.17) is 0 Å². The number of carbonyl (C=O) groups excluding carboxylic acids is 1. The van der Waals surface area contributed by atoms with Gasteiger partial charge in [-0.3, -0.25) is 9.48 Å². The number of piperidine rings is 1. The smallest absolute Gasteiger partial charge is 0.188 e. The molecule has 0 aliphatic carbocycles. The summed E-state index contributed by atoms with van der Waals surface area (Å²) in [6.07, 6.45) is 15.6. The molecule has 1 aromatic heterocycles. The molecule has 0 radical (unpaired) electrons. The van der Waals surface area contributed by atoms with E-state index in [1.54, 1.807) is 0 Å². The first-order valence-corrected chi connectivity index (χ1v) is 11.6. The van der Waals surface area contributed by atoms with Crippen LogP contribution in [0.4, 0.5) is 0 Å². The van der Waals surface area contributed by atoms with Gasteiger partial charge in [-0.1, -0.05) is 44.9 Å². The van der Waals surface area contributed by atoms with E-state index < -0.39 is 0 Å². The fourth-order valence-corrected chi connectivity index (χ4v) is 4.02. The molecule has 1 fully saturated rings. The first-order valence-electron chi connectivity index (χ1n) is 10.4. The van der Waals surface area contributed by atoms with E-state index in [9.17, 15) is 4.79 Å². The van der Waals surface area contributed by atoms with E-state index >= 15 is 0 Å². The van der Waals surface area contributed by atoms with Crippen LogP contribution in [-0.4, -0.2) is 45.7 Å². The molecule has 1 aromatic rings. The molecule has 0 atom stereocenters. The van der Waals surface area contributed by atoms with Gasteiger partial charge in [0.1, 0.15) is 0 Å². The molecule has 0 N–H and O–H groups in total. The molecule has 0 saturated carbocycles. The van der Waals surface area contributed by atoms with E-state index in [-0.39, 0.29) is 0 Å². The Kier molecular flexibility index (Phi) is 9.76. The van der Waals surface area contributed by atoms with Gasteiger partial charge in [0.05, 0.1) is 6.20 Å². The van der Waals surface area contributed by atoms with Crippen molar-refractivity contribution in [3.8, 4) is 0 Å². The maximum atomic E-state index is 11.2. The molecule has 5 heteroatoms. The highest BCUT2D eigenvalue weighted by atomic mass is 32.2. The summed E-state index contributed by atoms with van der Waals surface area (Å²) in [6, 6.07) is 0. The number of carbonyl (C=O) groups is 1. The Balaban J connectivity index is 1.51. The molecular weight excluding hydrogens is 342 g/mol. The fourth-order valence-electron chi connectivity index (χ4n) is 3.67. The molecule has 1 saturated heterocycles. The van der Waals surface area contributed by atoms with Crippen LogP contribution in [0.1, 0.15) is 76.7 Å². The lowest BCUT2D eigenvalue weighted by atomic mass is 9.96. The number of unbranched alkanes of at least 4 members (excludes halogenated alkanes) is 4. The molecule has 148 valence electrons. The van der Waals surface area contributed by atoms with Crippen molar-refractivity contribution < 1.29 is 4.79 Å². The van der Waals surface area contributed by atoms with Crippen molar-refractivity contribution in [1.29, 1.82) is 0 Å². The summed E-state index contributed by atoms with van der Waals surface area (Å²) in [5, 5.41) is 4.87. The van der Waals surface area contributed by atoms with Crippen molar-refractivity contribution in [1.82, 2.24) is 14.7 Å². The van der Waals surface area contributed by atoms with Gasteiger partial charge in [-0.05, 0) is 69.0 Å². The minimum atomic E-state index is 0.336. The van der Waals surface area contributed by atoms with Gasteiger partial charge in [0.15, 0.2) is 5.12 Å². The summed E-state index contributed by atoms with van der Waals surface area (Å²) >= 11 is 1.36. The fraction of sp³-hybridized carbons (Fsp3) is 0.810. The number of thioether (sulfide) groups is 1. The molecule has 0 bridgehead atoms. The van der Waals surface area contributed by atoms with E-state index in [2.05, 4.69) is 34.7 Å². The van der Waals surface area contributed by atoms with E-state index in [1.165, 1.54) is 75.5 Å². The van der Waals surface area contributed by atoms with Gasteiger partial charge in [0, 0.05) is 19.2 Å². The first-order chi connectivity index (χ1) is 12.6. The summed E-state index contributed by atoms with van der Waals surface area (Å²) in [5.41, 5.74) is 1.35. The molecule has 4 nitrogen and oxygen atoms in total. The third-order valence-electron chi connectivity index (χ3n) is 5.56. The molecule has 1 aliphatic rings. The molecule has 0 aromatic carbocycles. The topological polar surface area (TPSA) is 38.1 Å². The van der Waals surface area contributed by atoms with Crippen LogP contribution in [0.3, 0.4) is 0 Å². The summed E-state index contributed by atoms with van der Waals surface area (Å²) in [6.45, 7) is 9.26. The average Bonchev–Trinajstić information content (AvgIpc) is 3.11. The van der Waals surface area contributed by atoms with Crippen LogP contribution in [0, 0.1) is 5.92 Å². The van der Waals surface area contributed by atoms with Crippen LogP contribution >= 0.6 is 11.8 Å². The van der Waals surface area contributed by atoms with Crippen molar-refractivity contribution in [2.24, 2.45) is 5.92 Å². The maximum absolute atomic E-state index is 11.2. The number of rotatable bonds is 11. The third kappa shape index (κ3) is 7.83. The Hall–Kier alpha value is -0.810. The van der Waals surface area contributed by atoms with Crippen molar-refractivity contribution in [3.05, 3.63) is 18.0 Å². The largest absolute Gasteiger partial charge is 0.303 e. The zero-order valence-electron chi connectivity index (χ0n) is 17.0. The minimum Gasteiger partial charge on any atom is -0.303 e. The van der Waals surface area contributed by atoms with Gasteiger partial charge in [0.25, 0.3) is 0 Å². The van der Waals surface area contributed by atoms with E-state index in [0.29, 0.717) is 11.0 Å². The molecule has 0 amide bonds. The molecular formula is C21H37N3OS. The predicted octanol–water partition coefficient (Wildman–Crippen LogP) is 4.95. The summed E-state index contributed by atoms with van der Waals surface area (Å²) in [7, 11) is 0. The number of hydrogen-bond donors (Lipinski definition) is 0.